The van der Waals surface area contributed by atoms with E-state index in [0.29, 0.717) is 5.89 Å². The lowest BCUT2D eigenvalue weighted by Crippen LogP contribution is -2.13. The summed E-state index contributed by atoms with van der Waals surface area (Å²) in [6, 6.07) is 12.7. The van der Waals surface area contributed by atoms with Gasteiger partial charge in [-0.25, -0.2) is 4.98 Å². The molecule has 3 aromatic rings. The van der Waals surface area contributed by atoms with Crippen molar-refractivity contribution in [1.82, 2.24) is 15.2 Å². The number of carbonyl (C=O) groups excluding carboxylic acids is 1. The van der Waals surface area contributed by atoms with Crippen molar-refractivity contribution in [2.45, 2.75) is 0 Å². The fourth-order valence-corrected chi connectivity index (χ4v) is 1.88. The maximum Gasteiger partial charge on any atom is 0.322 e. The van der Waals surface area contributed by atoms with Crippen LogP contribution in [0, 0.1) is 0 Å². The molecule has 1 aromatic carbocycles. The molecule has 0 radical (unpaired) electrons. The lowest BCUT2D eigenvalue weighted by molar-refractivity contribution is 0.101. The molecule has 0 saturated heterocycles. The van der Waals surface area contributed by atoms with Gasteiger partial charge in [0.2, 0.25) is 5.89 Å². The van der Waals surface area contributed by atoms with Crippen LogP contribution < -0.4 is 5.32 Å². The van der Waals surface area contributed by atoms with E-state index < -0.39 is 5.91 Å². The third-order valence-corrected chi connectivity index (χ3v) is 3.10. The van der Waals surface area contributed by atoms with Gasteiger partial charge in [-0.3, -0.25) is 10.1 Å². The van der Waals surface area contributed by atoms with Crippen molar-refractivity contribution in [3.05, 3.63) is 58.8 Å². The molecule has 0 atom stereocenters. The lowest BCUT2D eigenvalue weighted by atomic mass is 10.2. The van der Waals surface area contributed by atoms with Gasteiger partial charge in [0.05, 0.1) is 0 Å². The molecular weight excluding hydrogens is 336 g/mol. The molecular formula is C14H9BrN4O2. The van der Waals surface area contributed by atoms with Crippen molar-refractivity contribution in [3.8, 4) is 11.5 Å². The largest absolute Gasteiger partial charge is 0.403 e. The molecule has 0 spiro atoms. The molecule has 0 aliphatic rings. The Balaban J connectivity index is 1.75. The monoisotopic (exact) mass is 344 g/mol. The molecule has 3 rings (SSSR count). The van der Waals surface area contributed by atoms with E-state index in [1.54, 1.807) is 12.1 Å². The smallest absolute Gasteiger partial charge is 0.322 e. The van der Waals surface area contributed by atoms with E-state index >= 15 is 0 Å². The van der Waals surface area contributed by atoms with Gasteiger partial charge < -0.3 is 4.42 Å². The highest BCUT2D eigenvalue weighted by Crippen LogP contribution is 2.19. The highest BCUT2D eigenvalue weighted by Gasteiger charge is 2.13. The van der Waals surface area contributed by atoms with Gasteiger partial charge in [-0.05, 0) is 40.2 Å². The van der Waals surface area contributed by atoms with E-state index in [1.165, 1.54) is 6.20 Å². The number of rotatable bonds is 3. The van der Waals surface area contributed by atoms with Gasteiger partial charge in [0, 0.05) is 16.2 Å². The second-order valence-corrected chi connectivity index (χ2v) is 5.01. The number of pyridine rings is 1. The number of hydrogen-bond donors (Lipinski definition) is 1. The van der Waals surface area contributed by atoms with E-state index in [0.717, 1.165) is 10.0 Å². The Kier molecular flexibility index (Phi) is 3.74. The summed E-state index contributed by atoms with van der Waals surface area (Å²) in [4.78, 5) is 15.9. The highest BCUT2D eigenvalue weighted by atomic mass is 79.9. The first-order valence-electron chi connectivity index (χ1n) is 6.04. The van der Waals surface area contributed by atoms with Crippen LogP contribution in [-0.4, -0.2) is 21.1 Å². The molecule has 2 heterocycles. The predicted octanol–water partition coefficient (Wildman–Crippen LogP) is 3.15. The molecule has 1 amide bonds. The van der Waals surface area contributed by atoms with Crippen LogP contribution in [0.4, 0.5) is 6.01 Å². The molecule has 0 aliphatic heterocycles. The van der Waals surface area contributed by atoms with Crippen molar-refractivity contribution < 1.29 is 9.21 Å². The van der Waals surface area contributed by atoms with Crippen LogP contribution in [0.2, 0.25) is 0 Å². The third kappa shape index (κ3) is 3.14. The topological polar surface area (TPSA) is 80.9 Å². The fraction of sp³-hybridized carbons (Fsp3) is 0. The summed E-state index contributed by atoms with van der Waals surface area (Å²) in [7, 11) is 0. The zero-order chi connectivity index (χ0) is 14.7. The van der Waals surface area contributed by atoms with E-state index in [9.17, 15) is 4.79 Å². The number of carbonyl (C=O) groups is 1. The fourth-order valence-electron chi connectivity index (χ4n) is 1.64. The molecule has 6 nitrogen and oxygen atoms in total. The summed E-state index contributed by atoms with van der Waals surface area (Å²) < 4.78 is 6.19. The number of benzene rings is 1. The lowest BCUT2D eigenvalue weighted by Gasteiger charge is -1.99. The summed E-state index contributed by atoms with van der Waals surface area (Å²) in [6.45, 7) is 0. The average molecular weight is 345 g/mol. The Morgan fingerprint density at radius 2 is 1.90 bits per heavy atom. The zero-order valence-corrected chi connectivity index (χ0v) is 12.2. The first-order chi connectivity index (χ1) is 10.2. The number of nitrogens with one attached hydrogen (secondary N) is 1. The molecule has 21 heavy (non-hydrogen) atoms. The van der Waals surface area contributed by atoms with Crippen molar-refractivity contribution in [2.75, 3.05) is 5.32 Å². The number of aromatic nitrogens is 3. The predicted molar refractivity (Wildman–Crippen MR) is 79.6 cm³/mol. The Hall–Kier alpha value is -2.54. The van der Waals surface area contributed by atoms with Gasteiger partial charge in [0.1, 0.15) is 5.69 Å². The molecule has 0 bridgehead atoms. The summed E-state index contributed by atoms with van der Waals surface area (Å²) in [5.41, 5.74) is 1.05. The number of hydrogen-bond acceptors (Lipinski definition) is 5. The molecule has 0 saturated carbocycles. The molecule has 0 aliphatic carbocycles. The van der Waals surface area contributed by atoms with E-state index in [2.05, 4.69) is 36.4 Å². The van der Waals surface area contributed by atoms with Crippen LogP contribution in [0.15, 0.2) is 57.6 Å². The van der Waals surface area contributed by atoms with Gasteiger partial charge in [-0.15, -0.1) is 5.10 Å². The van der Waals surface area contributed by atoms with Crippen LogP contribution in [0.25, 0.3) is 11.5 Å². The van der Waals surface area contributed by atoms with Crippen LogP contribution in [0.5, 0.6) is 0 Å². The van der Waals surface area contributed by atoms with Crippen molar-refractivity contribution >= 4 is 27.9 Å². The number of halogens is 1. The van der Waals surface area contributed by atoms with E-state index in [-0.39, 0.29) is 11.7 Å². The molecule has 104 valence electrons. The molecule has 2 aromatic heterocycles. The molecule has 7 heteroatoms. The van der Waals surface area contributed by atoms with Gasteiger partial charge in [-0.1, -0.05) is 23.3 Å². The molecule has 0 unspecified atom stereocenters. The normalized spacial score (nSPS) is 10.3. The zero-order valence-electron chi connectivity index (χ0n) is 10.7. The van der Waals surface area contributed by atoms with Crippen LogP contribution in [-0.2, 0) is 0 Å². The summed E-state index contributed by atoms with van der Waals surface area (Å²) in [5.74, 6) is -0.0690. The van der Waals surface area contributed by atoms with E-state index in [1.807, 2.05) is 30.3 Å². The number of amides is 1. The Bertz CT molecular complexity index is 756. The van der Waals surface area contributed by atoms with Gasteiger partial charge >= 0.3 is 6.01 Å². The second kappa shape index (κ2) is 5.84. The maximum absolute atomic E-state index is 12.0. The van der Waals surface area contributed by atoms with Gasteiger partial charge in [0.15, 0.2) is 0 Å². The summed E-state index contributed by atoms with van der Waals surface area (Å²) >= 11 is 3.26. The quantitative estimate of drug-likeness (QED) is 0.789. The molecule has 1 N–H and O–H groups in total. The number of nitrogens with zero attached hydrogens (tertiary/aromatic N) is 3. The Morgan fingerprint density at radius 1 is 1.10 bits per heavy atom. The summed E-state index contributed by atoms with van der Waals surface area (Å²) in [6.07, 6.45) is 1.54. The third-order valence-electron chi connectivity index (χ3n) is 2.63. The average Bonchev–Trinajstić information content (AvgIpc) is 2.97. The standard InChI is InChI=1S/C14H9BrN4O2/c15-10-6-7-11(16-8-10)12(20)17-14-19-18-13(21-14)9-4-2-1-3-5-9/h1-8H,(H,17,19,20). The SMILES string of the molecule is O=C(Nc1nnc(-c2ccccc2)o1)c1ccc(Br)cn1. The Morgan fingerprint density at radius 3 is 2.62 bits per heavy atom. The molecule has 0 fully saturated rings. The van der Waals surface area contributed by atoms with Crippen LogP contribution in [0.1, 0.15) is 10.5 Å². The minimum Gasteiger partial charge on any atom is -0.403 e. The first kappa shape index (κ1) is 13.4. The van der Waals surface area contributed by atoms with Crippen molar-refractivity contribution in [1.29, 1.82) is 0 Å². The van der Waals surface area contributed by atoms with Crippen molar-refractivity contribution in [3.63, 3.8) is 0 Å². The van der Waals surface area contributed by atoms with E-state index in [4.69, 9.17) is 4.42 Å². The summed E-state index contributed by atoms with van der Waals surface area (Å²) in [5, 5.41) is 10.2. The minimum atomic E-state index is -0.411. The van der Waals surface area contributed by atoms with Crippen molar-refractivity contribution in [2.24, 2.45) is 0 Å². The Labute approximate surface area is 128 Å². The minimum absolute atomic E-state index is 0.0311. The number of anilines is 1. The van der Waals surface area contributed by atoms with Gasteiger partial charge in [0.25, 0.3) is 5.91 Å². The van der Waals surface area contributed by atoms with Crippen LogP contribution in [0.3, 0.4) is 0 Å². The van der Waals surface area contributed by atoms with Crippen LogP contribution >= 0.6 is 15.9 Å². The first-order valence-corrected chi connectivity index (χ1v) is 6.83. The highest BCUT2D eigenvalue weighted by molar-refractivity contribution is 9.10. The maximum atomic E-state index is 12.0. The van der Waals surface area contributed by atoms with Gasteiger partial charge in [-0.2, -0.15) is 0 Å². The second-order valence-electron chi connectivity index (χ2n) is 4.09.